The van der Waals surface area contributed by atoms with Gasteiger partial charge < -0.3 is 20.4 Å². The number of aromatic amines is 1. The molecule has 1 aromatic carbocycles. The second-order valence-corrected chi connectivity index (χ2v) is 7.56. The second-order valence-electron chi connectivity index (χ2n) is 7.56. The highest BCUT2D eigenvalue weighted by molar-refractivity contribution is 5.78. The minimum absolute atomic E-state index is 0.228. The number of aromatic nitrogens is 2. The number of fused-ring (bicyclic) bond motifs is 1. The van der Waals surface area contributed by atoms with Gasteiger partial charge in [0.15, 0.2) is 0 Å². The molecule has 1 saturated heterocycles. The molecule has 2 aromatic rings. The van der Waals surface area contributed by atoms with Crippen LogP contribution in [-0.2, 0) is 11.3 Å². The summed E-state index contributed by atoms with van der Waals surface area (Å²) in [6.45, 7) is 9.54. The van der Waals surface area contributed by atoms with E-state index in [9.17, 15) is 4.79 Å². The molecule has 7 nitrogen and oxygen atoms in total. The molecule has 1 aliphatic heterocycles. The Bertz CT molecular complexity index is 749. The summed E-state index contributed by atoms with van der Waals surface area (Å²) in [4.78, 5) is 24.3. The molecular formula is C18H27N5O2. The van der Waals surface area contributed by atoms with Gasteiger partial charge in [0.1, 0.15) is 11.4 Å². The highest BCUT2D eigenvalue weighted by atomic mass is 16.6. The molecule has 0 atom stereocenters. The van der Waals surface area contributed by atoms with Gasteiger partial charge in [-0.15, -0.1) is 0 Å². The van der Waals surface area contributed by atoms with Gasteiger partial charge in [-0.25, -0.2) is 9.78 Å². The molecule has 25 heavy (non-hydrogen) atoms. The standard InChI is InChI=1S/C18H27N5O2/c1-18(2,3)25-17(24)23-8-4-7-22(9-10-23)12-16-20-14-6-5-13(19)11-15(14)21-16/h5-6,11H,4,7-10,12,19H2,1-3H3,(H,20,21). The first kappa shape index (κ1) is 17.5. The fourth-order valence-electron chi connectivity index (χ4n) is 3.00. The minimum Gasteiger partial charge on any atom is -0.444 e. The first-order valence-corrected chi connectivity index (χ1v) is 8.74. The average Bonchev–Trinajstić information content (AvgIpc) is 2.73. The molecule has 0 unspecified atom stereocenters. The molecule has 136 valence electrons. The van der Waals surface area contributed by atoms with Crippen LogP contribution in [-0.4, -0.2) is 57.6 Å². The fraction of sp³-hybridized carbons (Fsp3) is 0.556. The predicted octanol–water partition coefficient (Wildman–Crippen LogP) is 2.59. The molecule has 0 bridgehead atoms. The van der Waals surface area contributed by atoms with E-state index in [-0.39, 0.29) is 6.09 Å². The number of ether oxygens (including phenoxy) is 1. The Morgan fingerprint density at radius 3 is 2.84 bits per heavy atom. The number of nitrogens with two attached hydrogens (primary N) is 1. The maximum Gasteiger partial charge on any atom is 0.410 e. The molecule has 1 amide bonds. The maximum absolute atomic E-state index is 12.2. The van der Waals surface area contributed by atoms with Crippen LogP contribution >= 0.6 is 0 Å². The Hall–Kier alpha value is -2.28. The monoisotopic (exact) mass is 345 g/mol. The van der Waals surface area contributed by atoms with E-state index in [1.807, 2.05) is 39.0 Å². The van der Waals surface area contributed by atoms with Gasteiger partial charge in [-0.2, -0.15) is 0 Å². The summed E-state index contributed by atoms with van der Waals surface area (Å²) in [5.41, 5.74) is 7.97. The van der Waals surface area contributed by atoms with Gasteiger partial charge in [-0.3, -0.25) is 4.90 Å². The van der Waals surface area contributed by atoms with Crippen molar-refractivity contribution in [3.05, 3.63) is 24.0 Å². The van der Waals surface area contributed by atoms with E-state index >= 15 is 0 Å². The average molecular weight is 345 g/mol. The van der Waals surface area contributed by atoms with Crippen molar-refractivity contribution in [1.82, 2.24) is 19.8 Å². The number of nitrogen functional groups attached to an aromatic ring is 1. The molecule has 3 N–H and O–H groups in total. The van der Waals surface area contributed by atoms with Crippen molar-refractivity contribution in [3.63, 3.8) is 0 Å². The highest BCUT2D eigenvalue weighted by Gasteiger charge is 2.24. The van der Waals surface area contributed by atoms with E-state index in [0.29, 0.717) is 6.54 Å². The Balaban J connectivity index is 1.60. The zero-order valence-electron chi connectivity index (χ0n) is 15.2. The largest absolute Gasteiger partial charge is 0.444 e. The first-order valence-electron chi connectivity index (χ1n) is 8.74. The van der Waals surface area contributed by atoms with Crippen molar-refractivity contribution in [1.29, 1.82) is 0 Å². The molecule has 1 fully saturated rings. The Kier molecular flexibility index (Phi) is 4.85. The molecule has 0 radical (unpaired) electrons. The van der Waals surface area contributed by atoms with Gasteiger partial charge in [0.25, 0.3) is 0 Å². The van der Waals surface area contributed by atoms with Gasteiger partial charge in [0.05, 0.1) is 17.6 Å². The van der Waals surface area contributed by atoms with Crippen molar-refractivity contribution in [3.8, 4) is 0 Å². The van der Waals surface area contributed by atoms with Crippen molar-refractivity contribution >= 4 is 22.8 Å². The van der Waals surface area contributed by atoms with Crippen molar-refractivity contribution in [2.24, 2.45) is 0 Å². The van der Waals surface area contributed by atoms with Crippen molar-refractivity contribution in [2.75, 3.05) is 31.9 Å². The summed E-state index contributed by atoms with van der Waals surface area (Å²) in [6, 6.07) is 5.69. The number of amides is 1. The number of nitrogens with one attached hydrogen (secondary N) is 1. The van der Waals surface area contributed by atoms with Crippen LogP contribution in [0.4, 0.5) is 10.5 Å². The van der Waals surface area contributed by atoms with E-state index in [1.165, 1.54) is 0 Å². The Labute approximate surface area is 148 Å². The molecule has 2 heterocycles. The number of hydrogen-bond donors (Lipinski definition) is 2. The lowest BCUT2D eigenvalue weighted by Crippen LogP contribution is -2.39. The molecule has 0 saturated carbocycles. The Morgan fingerprint density at radius 2 is 2.08 bits per heavy atom. The van der Waals surface area contributed by atoms with Crippen molar-refractivity contribution in [2.45, 2.75) is 39.3 Å². The number of hydrogen-bond acceptors (Lipinski definition) is 5. The highest BCUT2D eigenvalue weighted by Crippen LogP contribution is 2.17. The van der Waals surface area contributed by atoms with E-state index < -0.39 is 5.60 Å². The summed E-state index contributed by atoms with van der Waals surface area (Å²) in [6.07, 6.45) is 0.695. The number of benzene rings is 1. The maximum atomic E-state index is 12.2. The molecule has 1 aromatic heterocycles. The lowest BCUT2D eigenvalue weighted by atomic mass is 10.2. The summed E-state index contributed by atoms with van der Waals surface area (Å²) in [5.74, 6) is 0.923. The lowest BCUT2D eigenvalue weighted by molar-refractivity contribution is 0.0257. The van der Waals surface area contributed by atoms with Crippen LogP contribution in [0.5, 0.6) is 0 Å². The summed E-state index contributed by atoms with van der Waals surface area (Å²) in [5, 5.41) is 0. The first-order chi connectivity index (χ1) is 11.8. The van der Waals surface area contributed by atoms with Crippen LogP contribution in [0.2, 0.25) is 0 Å². The quantitative estimate of drug-likeness (QED) is 0.817. The number of rotatable bonds is 2. The van der Waals surface area contributed by atoms with Crippen LogP contribution in [0.15, 0.2) is 18.2 Å². The Morgan fingerprint density at radius 1 is 1.28 bits per heavy atom. The summed E-state index contributed by atoms with van der Waals surface area (Å²) in [7, 11) is 0. The van der Waals surface area contributed by atoms with E-state index in [2.05, 4.69) is 14.9 Å². The van der Waals surface area contributed by atoms with E-state index in [0.717, 1.165) is 55.1 Å². The van der Waals surface area contributed by atoms with Crippen LogP contribution in [0.3, 0.4) is 0 Å². The van der Waals surface area contributed by atoms with Gasteiger partial charge in [0.2, 0.25) is 0 Å². The fourth-order valence-corrected chi connectivity index (χ4v) is 3.00. The predicted molar refractivity (Wildman–Crippen MR) is 98.2 cm³/mol. The number of carbonyl (C=O) groups excluding carboxylic acids is 1. The number of nitrogens with zero attached hydrogens (tertiary/aromatic N) is 3. The van der Waals surface area contributed by atoms with Gasteiger partial charge >= 0.3 is 6.09 Å². The third-order valence-corrected chi connectivity index (χ3v) is 4.17. The van der Waals surface area contributed by atoms with Gasteiger partial charge in [-0.05, 0) is 45.4 Å². The minimum atomic E-state index is -0.459. The summed E-state index contributed by atoms with van der Waals surface area (Å²) < 4.78 is 5.48. The normalized spacial score (nSPS) is 16.8. The third kappa shape index (κ3) is 4.63. The smallest absolute Gasteiger partial charge is 0.410 e. The lowest BCUT2D eigenvalue weighted by Gasteiger charge is -2.26. The van der Waals surface area contributed by atoms with Crippen LogP contribution in [0, 0.1) is 0 Å². The SMILES string of the molecule is CC(C)(C)OC(=O)N1CCCN(Cc2nc3ccc(N)cc3[nH]2)CC1. The van der Waals surface area contributed by atoms with E-state index in [1.54, 1.807) is 4.90 Å². The molecular weight excluding hydrogens is 318 g/mol. The molecule has 0 aliphatic carbocycles. The molecule has 0 spiro atoms. The molecule has 7 heteroatoms. The van der Waals surface area contributed by atoms with Crippen LogP contribution < -0.4 is 5.73 Å². The number of imidazole rings is 1. The third-order valence-electron chi connectivity index (χ3n) is 4.17. The number of carbonyl (C=O) groups is 1. The second kappa shape index (κ2) is 6.92. The summed E-state index contributed by atoms with van der Waals surface area (Å²) >= 11 is 0. The topological polar surface area (TPSA) is 87.5 Å². The molecule has 1 aliphatic rings. The zero-order chi connectivity index (χ0) is 18.0. The van der Waals surface area contributed by atoms with Crippen LogP contribution in [0.25, 0.3) is 11.0 Å². The molecule has 3 rings (SSSR count). The number of H-pyrrole nitrogens is 1. The number of anilines is 1. The van der Waals surface area contributed by atoms with Crippen molar-refractivity contribution < 1.29 is 9.53 Å². The van der Waals surface area contributed by atoms with Gasteiger partial charge in [-0.1, -0.05) is 0 Å². The van der Waals surface area contributed by atoms with Gasteiger partial charge in [0, 0.05) is 31.9 Å². The van der Waals surface area contributed by atoms with Crippen LogP contribution in [0.1, 0.15) is 33.0 Å². The zero-order valence-corrected chi connectivity index (χ0v) is 15.2. The van der Waals surface area contributed by atoms with E-state index in [4.69, 9.17) is 10.5 Å².